The number of aromatic amines is 1. The second kappa shape index (κ2) is 9.30. The molecule has 4 rings (SSSR count). The fourth-order valence-electron chi connectivity index (χ4n) is 3.79. The first-order valence-electron chi connectivity index (χ1n) is 9.63. The molecule has 2 heterocycles. The van der Waals surface area contributed by atoms with Crippen LogP contribution in [0.1, 0.15) is 53.0 Å². The molecule has 0 spiro atoms. The molecule has 1 aromatic carbocycles. The van der Waals surface area contributed by atoms with Gasteiger partial charge in [-0.15, -0.1) is 12.4 Å². The van der Waals surface area contributed by atoms with E-state index in [9.17, 15) is 4.79 Å². The highest BCUT2D eigenvalue weighted by Crippen LogP contribution is 2.32. The van der Waals surface area contributed by atoms with Crippen molar-refractivity contribution in [3.63, 3.8) is 0 Å². The van der Waals surface area contributed by atoms with Crippen molar-refractivity contribution >= 4 is 18.3 Å². The Morgan fingerprint density at radius 1 is 1.29 bits per heavy atom. The Morgan fingerprint density at radius 3 is 2.89 bits per heavy atom. The van der Waals surface area contributed by atoms with Gasteiger partial charge in [-0.3, -0.25) is 9.89 Å². The Balaban J connectivity index is 0.00000225. The van der Waals surface area contributed by atoms with Crippen LogP contribution in [-0.4, -0.2) is 35.9 Å². The van der Waals surface area contributed by atoms with Crippen LogP contribution >= 0.6 is 12.4 Å². The first kappa shape index (κ1) is 20.5. The minimum Gasteiger partial charge on any atom is -0.493 e. The molecule has 0 saturated heterocycles. The van der Waals surface area contributed by atoms with E-state index in [1.54, 1.807) is 7.11 Å². The first-order valence-corrected chi connectivity index (χ1v) is 9.63. The molecule has 1 saturated carbocycles. The van der Waals surface area contributed by atoms with E-state index < -0.39 is 0 Å². The predicted molar refractivity (Wildman–Crippen MR) is 108 cm³/mol. The highest BCUT2D eigenvalue weighted by atomic mass is 35.5. The molecule has 0 radical (unpaired) electrons. The van der Waals surface area contributed by atoms with Crippen molar-refractivity contribution in [2.75, 3.05) is 13.7 Å². The number of amides is 1. The lowest BCUT2D eigenvalue weighted by Crippen LogP contribution is -2.28. The fraction of sp³-hybridized carbons (Fsp3) is 0.500. The zero-order chi connectivity index (χ0) is 18.6. The van der Waals surface area contributed by atoms with Gasteiger partial charge in [0.15, 0.2) is 17.2 Å². The van der Waals surface area contributed by atoms with Crippen LogP contribution in [0.2, 0.25) is 0 Å². The van der Waals surface area contributed by atoms with Gasteiger partial charge in [0, 0.05) is 37.3 Å². The normalized spacial score (nSPS) is 16.2. The van der Waals surface area contributed by atoms with Crippen molar-refractivity contribution in [2.24, 2.45) is 0 Å². The number of nitrogens with one attached hydrogen (secondary N) is 3. The summed E-state index contributed by atoms with van der Waals surface area (Å²) in [5.74, 6) is 1.31. The summed E-state index contributed by atoms with van der Waals surface area (Å²) < 4.78 is 11.6. The summed E-state index contributed by atoms with van der Waals surface area (Å²) in [5, 5.41) is 13.4. The van der Waals surface area contributed by atoms with Gasteiger partial charge in [-0.1, -0.05) is 6.07 Å². The fourth-order valence-corrected chi connectivity index (χ4v) is 3.79. The Hall–Kier alpha value is -2.25. The van der Waals surface area contributed by atoms with Gasteiger partial charge >= 0.3 is 0 Å². The van der Waals surface area contributed by atoms with Crippen LogP contribution in [0.4, 0.5) is 0 Å². The van der Waals surface area contributed by atoms with Crippen molar-refractivity contribution in [3.05, 3.63) is 40.7 Å². The Bertz CT molecular complexity index is 818. The molecule has 1 fully saturated rings. The summed E-state index contributed by atoms with van der Waals surface area (Å²) in [6.45, 7) is 2.00. The molecule has 2 aromatic rings. The van der Waals surface area contributed by atoms with E-state index in [1.165, 1.54) is 12.8 Å². The largest absolute Gasteiger partial charge is 0.493 e. The maximum atomic E-state index is 12.6. The van der Waals surface area contributed by atoms with E-state index in [0.717, 1.165) is 54.1 Å². The molecule has 7 nitrogen and oxygen atoms in total. The molecular formula is C20H27ClN4O3. The summed E-state index contributed by atoms with van der Waals surface area (Å²) in [4.78, 5) is 12.6. The van der Waals surface area contributed by atoms with Crippen LogP contribution in [0.25, 0.3) is 0 Å². The third kappa shape index (κ3) is 4.42. The van der Waals surface area contributed by atoms with Crippen LogP contribution in [0.15, 0.2) is 18.2 Å². The number of aromatic nitrogens is 2. The Labute approximate surface area is 171 Å². The van der Waals surface area contributed by atoms with Crippen LogP contribution in [0, 0.1) is 0 Å². The summed E-state index contributed by atoms with van der Waals surface area (Å²) in [5.41, 5.74) is 3.47. The standard InChI is InChI=1S/C20H26N4O3.ClH/c1-26-17-7-6-13(10-18(17)27-14-4-2-3-5-14)11-22-20(25)19-15-12-21-9-8-16(15)23-24-19;/h6-7,10,14,21H,2-5,8-9,11-12H2,1H3,(H,22,25)(H,23,24);1H. The average molecular weight is 407 g/mol. The number of hydrogen-bond acceptors (Lipinski definition) is 5. The summed E-state index contributed by atoms with van der Waals surface area (Å²) in [7, 11) is 1.65. The third-order valence-electron chi connectivity index (χ3n) is 5.30. The smallest absolute Gasteiger partial charge is 0.272 e. The number of nitrogens with zero attached hydrogens (tertiary/aromatic N) is 1. The van der Waals surface area contributed by atoms with Gasteiger partial charge in [0.25, 0.3) is 5.91 Å². The lowest BCUT2D eigenvalue weighted by Gasteiger charge is -2.17. The third-order valence-corrected chi connectivity index (χ3v) is 5.30. The topological polar surface area (TPSA) is 88.3 Å². The zero-order valence-corrected chi connectivity index (χ0v) is 16.9. The number of H-pyrrole nitrogens is 1. The van der Waals surface area contributed by atoms with Gasteiger partial charge in [0.1, 0.15) is 0 Å². The molecule has 1 aliphatic carbocycles. The van der Waals surface area contributed by atoms with Crippen molar-refractivity contribution < 1.29 is 14.3 Å². The molecule has 152 valence electrons. The lowest BCUT2D eigenvalue weighted by molar-refractivity contribution is 0.0944. The molecule has 0 atom stereocenters. The molecule has 1 amide bonds. The minimum absolute atomic E-state index is 0. The number of halogens is 1. The Morgan fingerprint density at radius 2 is 2.11 bits per heavy atom. The minimum atomic E-state index is -0.162. The van der Waals surface area contributed by atoms with Crippen molar-refractivity contribution in [1.29, 1.82) is 0 Å². The van der Waals surface area contributed by atoms with Gasteiger partial charge in [-0.25, -0.2) is 0 Å². The van der Waals surface area contributed by atoms with Crippen LogP contribution in [0.3, 0.4) is 0 Å². The molecule has 2 aliphatic rings. The number of ether oxygens (including phenoxy) is 2. The highest BCUT2D eigenvalue weighted by Gasteiger charge is 2.22. The molecule has 1 aromatic heterocycles. The average Bonchev–Trinajstić information content (AvgIpc) is 3.36. The van der Waals surface area contributed by atoms with Crippen LogP contribution in [-0.2, 0) is 19.5 Å². The SMILES string of the molecule is COc1ccc(CNC(=O)c2n[nH]c3c2CNCC3)cc1OC1CCCC1.Cl. The quantitative estimate of drug-likeness (QED) is 0.686. The number of hydrogen-bond donors (Lipinski definition) is 3. The monoisotopic (exact) mass is 406 g/mol. The van der Waals surface area contributed by atoms with Crippen LogP contribution < -0.4 is 20.1 Å². The van der Waals surface area contributed by atoms with Gasteiger partial charge in [-0.05, 0) is 43.4 Å². The zero-order valence-electron chi connectivity index (χ0n) is 16.0. The number of rotatable bonds is 6. The number of methoxy groups -OCH3 is 1. The molecule has 0 bridgehead atoms. The second-order valence-corrected chi connectivity index (χ2v) is 7.15. The van der Waals surface area contributed by atoms with E-state index in [4.69, 9.17) is 9.47 Å². The predicted octanol–water partition coefficient (Wildman–Crippen LogP) is 2.74. The summed E-state index contributed by atoms with van der Waals surface area (Å²) in [6.07, 6.45) is 5.73. The maximum absolute atomic E-state index is 12.6. The summed E-state index contributed by atoms with van der Waals surface area (Å²) in [6, 6.07) is 5.80. The number of benzene rings is 1. The van der Waals surface area contributed by atoms with Crippen molar-refractivity contribution in [3.8, 4) is 11.5 Å². The molecular weight excluding hydrogens is 380 g/mol. The molecule has 1 aliphatic heterocycles. The van der Waals surface area contributed by atoms with E-state index >= 15 is 0 Å². The molecule has 28 heavy (non-hydrogen) atoms. The van der Waals surface area contributed by atoms with Crippen LogP contribution in [0.5, 0.6) is 11.5 Å². The van der Waals surface area contributed by atoms with Gasteiger partial charge < -0.3 is 20.1 Å². The van der Waals surface area contributed by atoms with E-state index in [0.29, 0.717) is 18.8 Å². The molecule has 3 N–H and O–H groups in total. The van der Waals surface area contributed by atoms with E-state index in [-0.39, 0.29) is 24.4 Å². The number of fused-ring (bicyclic) bond motifs is 1. The van der Waals surface area contributed by atoms with Gasteiger partial charge in [0.05, 0.1) is 13.2 Å². The van der Waals surface area contributed by atoms with E-state index in [2.05, 4.69) is 20.8 Å². The molecule has 8 heteroatoms. The Kier molecular flexibility index (Phi) is 6.80. The van der Waals surface area contributed by atoms with Gasteiger partial charge in [0.2, 0.25) is 0 Å². The maximum Gasteiger partial charge on any atom is 0.272 e. The van der Waals surface area contributed by atoms with Gasteiger partial charge in [-0.2, -0.15) is 5.10 Å². The number of carbonyl (C=O) groups is 1. The van der Waals surface area contributed by atoms with E-state index in [1.807, 2.05) is 18.2 Å². The lowest BCUT2D eigenvalue weighted by atomic mass is 10.1. The van der Waals surface area contributed by atoms with Crippen molar-refractivity contribution in [1.82, 2.24) is 20.8 Å². The molecule has 0 unspecified atom stereocenters. The highest BCUT2D eigenvalue weighted by molar-refractivity contribution is 5.94. The number of carbonyl (C=O) groups excluding carboxylic acids is 1. The second-order valence-electron chi connectivity index (χ2n) is 7.15. The first-order chi connectivity index (χ1) is 13.2. The summed E-state index contributed by atoms with van der Waals surface area (Å²) >= 11 is 0. The van der Waals surface area contributed by atoms with Crippen molar-refractivity contribution in [2.45, 2.75) is 51.3 Å².